The molecule has 0 saturated heterocycles. The normalized spacial score (nSPS) is 8.57. The molecule has 4 N–H and O–H groups in total. The third kappa shape index (κ3) is 47.3. The van der Waals surface area contributed by atoms with Gasteiger partial charge in [-0.3, -0.25) is 0 Å². The van der Waals surface area contributed by atoms with E-state index in [1.807, 2.05) is 0 Å². The maximum atomic E-state index is 7.38. The largest absolute Gasteiger partial charge is 0 e. The average Bonchev–Trinajstić information content (AvgIpc) is 0.722. The molecular formula is H6O4SrTiY. The van der Waals surface area contributed by atoms with Crippen LogP contribution in [0.1, 0.15) is 0 Å². The third-order valence-corrected chi connectivity index (χ3v) is 0. The summed E-state index contributed by atoms with van der Waals surface area (Å²) in [4.78, 5) is 0. The zero-order valence-electron chi connectivity index (χ0n) is 2.87. The Hall–Kier alpha value is 3.14. The minimum atomic E-state index is -5.00. The molecule has 0 unspecified atom stereocenters. The van der Waals surface area contributed by atoms with E-state index in [0.717, 1.165) is 0 Å². The van der Waals surface area contributed by atoms with Crippen LogP contribution in [0.3, 0.4) is 0 Å². The van der Waals surface area contributed by atoms with Crippen molar-refractivity contribution < 1.29 is 65.6 Å². The van der Waals surface area contributed by atoms with Gasteiger partial charge in [-0.25, -0.2) is 0 Å². The first-order valence-electron chi connectivity index (χ1n) is 0.894. The van der Waals surface area contributed by atoms with E-state index in [0.29, 0.717) is 0 Å². The fourth-order valence-corrected chi connectivity index (χ4v) is 0. The molecular weight excluding hydrogens is 288 g/mol. The summed E-state index contributed by atoms with van der Waals surface area (Å²) in [7, 11) is 0. The second-order valence-corrected chi connectivity index (χ2v) is 2.47. The minimum Gasteiger partial charge on any atom is 0 e. The van der Waals surface area contributed by atoms with Gasteiger partial charge in [0.05, 0.1) is 0 Å². The molecule has 0 spiro atoms. The molecule has 0 aliphatic heterocycles. The van der Waals surface area contributed by atoms with Crippen LogP contribution in [0, 0.1) is 0 Å². The molecule has 0 rings (SSSR count). The van der Waals surface area contributed by atoms with Crippen molar-refractivity contribution in [2.45, 2.75) is 0 Å². The van der Waals surface area contributed by atoms with Crippen LogP contribution >= 0.6 is 0 Å². The Balaban J connectivity index is -0.0000000800. The summed E-state index contributed by atoms with van der Waals surface area (Å²) in [5, 5.41) is 0. The van der Waals surface area contributed by atoms with E-state index in [2.05, 4.69) is 0 Å². The molecule has 0 aromatic carbocycles. The molecule has 7 heteroatoms. The van der Waals surface area contributed by atoms with Gasteiger partial charge in [-0.1, -0.05) is 0 Å². The first-order valence-corrected chi connectivity index (χ1v) is 3.69. The molecule has 0 amide bonds. The van der Waals surface area contributed by atoms with Crippen LogP contribution in [0.5, 0.6) is 0 Å². The first kappa shape index (κ1) is 16.6. The molecule has 0 aromatic rings. The Morgan fingerprint density at radius 3 is 0.857 bits per heavy atom. The Kier molecular flexibility index (Phi) is 17.2. The van der Waals surface area contributed by atoms with Crippen LogP contribution in [-0.2, 0) is 50.9 Å². The molecule has 0 aliphatic rings. The fraction of sp³-hybridized carbons (Fsp3) is 0. The molecule has 0 bridgehead atoms. The van der Waals surface area contributed by atoms with Crippen molar-refractivity contribution in [2.75, 3.05) is 0 Å². The molecule has 0 heterocycles. The topological polar surface area (TPSA) is 80.9 Å². The van der Waals surface area contributed by atoms with Crippen molar-refractivity contribution in [2.24, 2.45) is 0 Å². The predicted molar refractivity (Wildman–Crippen MR) is 17.4 cm³/mol. The fourth-order valence-electron chi connectivity index (χ4n) is 0. The van der Waals surface area contributed by atoms with E-state index < -0.39 is 18.1 Å². The van der Waals surface area contributed by atoms with Gasteiger partial charge < -0.3 is 0 Å². The minimum absolute atomic E-state index is 0. The van der Waals surface area contributed by atoms with Crippen molar-refractivity contribution in [1.29, 1.82) is 0 Å². The smallest absolute Gasteiger partial charge is 0 e. The zero-order valence-corrected chi connectivity index (χ0v) is 7.27. The van der Waals surface area contributed by atoms with Gasteiger partial charge in [0, 0.05) is 32.7 Å². The summed E-state index contributed by atoms with van der Waals surface area (Å²) in [5.74, 6) is 0. The molecule has 0 saturated carbocycles. The number of hydrogen-bond donors (Lipinski definition) is 4. The quantitative estimate of drug-likeness (QED) is 0.356. The first-order chi connectivity index (χ1) is 2.00. The molecule has 0 aromatic heterocycles. The van der Waals surface area contributed by atoms with Crippen LogP contribution < -0.4 is 0 Å². The van der Waals surface area contributed by atoms with Gasteiger partial charge in [-0.15, -0.1) is 0 Å². The molecule has 4 nitrogen and oxygen atoms in total. The summed E-state index contributed by atoms with van der Waals surface area (Å²) in [6.07, 6.45) is 0. The van der Waals surface area contributed by atoms with E-state index in [-0.39, 0.29) is 78.2 Å². The predicted octanol–water partition coefficient (Wildman–Crippen LogP) is -3.15. The monoisotopic (exact) mass is 295 g/mol. The Labute approximate surface area is 108 Å². The maximum absolute atomic E-state index is 7.38. The summed E-state index contributed by atoms with van der Waals surface area (Å²) in [6.45, 7) is 0. The second kappa shape index (κ2) is 7.25. The van der Waals surface area contributed by atoms with Gasteiger partial charge in [-0.2, -0.15) is 0 Å². The van der Waals surface area contributed by atoms with Gasteiger partial charge in [0.25, 0.3) is 0 Å². The van der Waals surface area contributed by atoms with Crippen LogP contribution in [0.15, 0.2) is 0 Å². The van der Waals surface area contributed by atoms with Crippen molar-refractivity contribution in [3.8, 4) is 0 Å². The van der Waals surface area contributed by atoms with E-state index in [4.69, 9.17) is 14.8 Å². The van der Waals surface area contributed by atoms with E-state index in [9.17, 15) is 0 Å². The maximum Gasteiger partial charge on any atom is 0 e. The molecule has 1 radical (unpaired) electrons. The average molecular weight is 294 g/mol. The van der Waals surface area contributed by atoms with E-state index in [1.54, 1.807) is 0 Å². The second-order valence-electron chi connectivity index (χ2n) is 0.600. The Bertz CT molecular complexity index is 27.2. The Morgan fingerprint density at radius 2 is 0.857 bits per heavy atom. The van der Waals surface area contributed by atoms with E-state index in [1.165, 1.54) is 0 Å². The van der Waals surface area contributed by atoms with Gasteiger partial charge >= 0.3 is 78.4 Å². The number of hydrogen-bond acceptors (Lipinski definition) is 4. The number of rotatable bonds is 0. The zero-order chi connectivity index (χ0) is 4.50. The van der Waals surface area contributed by atoms with E-state index >= 15 is 0 Å². The standard InChI is InChI=1S/4H2O.Sr.Ti.Y.2H/h4*1H2;;;;;/q;;;;;+4;;;/p-4. The van der Waals surface area contributed by atoms with Crippen LogP contribution in [0.4, 0.5) is 0 Å². The van der Waals surface area contributed by atoms with Crippen LogP contribution in [0.2, 0.25) is 0 Å². The van der Waals surface area contributed by atoms with Gasteiger partial charge in [0.1, 0.15) is 0 Å². The molecule has 0 atom stereocenters. The summed E-state index contributed by atoms with van der Waals surface area (Å²) in [5.41, 5.74) is 0. The van der Waals surface area contributed by atoms with Crippen LogP contribution in [-0.4, -0.2) is 60.2 Å². The molecule has 39 valence electrons. The molecule has 0 aliphatic carbocycles. The van der Waals surface area contributed by atoms with Crippen molar-refractivity contribution in [3.63, 3.8) is 0 Å². The van der Waals surface area contributed by atoms with Gasteiger partial charge in [0.15, 0.2) is 0 Å². The summed E-state index contributed by atoms with van der Waals surface area (Å²) < 4.78 is 29.5. The van der Waals surface area contributed by atoms with Crippen molar-refractivity contribution in [3.05, 3.63) is 0 Å². The summed E-state index contributed by atoms with van der Waals surface area (Å²) >= 11 is -5.00. The van der Waals surface area contributed by atoms with Gasteiger partial charge in [-0.05, 0) is 0 Å². The molecule has 7 heavy (non-hydrogen) atoms. The van der Waals surface area contributed by atoms with Crippen molar-refractivity contribution in [1.82, 2.24) is 0 Å². The van der Waals surface area contributed by atoms with Gasteiger partial charge in [0.2, 0.25) is 0 Å². The van der Waals surface area contributed by atoms with Crippen molar-refractivity contribution >= 4 is 45.5 Å². The third-order valence-electron chi connectivity index (χ3n) is 0. The Morgan fingerprint density at radius 1 is 0.857 bits per heavy atom. The SMILES string of the molecule is [OH][Ti]([OH])([OH])[OH].[SrH2].[Y]. The summed E-state index contributed by atoms with van der Waals surface area (Å²) in [6, 6.07) is 0. The molecule has 0 fully saturated rings. The van der Waals surface area contributed by atoms with Crippen LogP contribution in [0.25, 0.3) is 0 Å².